The number of benzene rings is 1. The molecule has 0 aliphatic heterocycles. The van der Waals surface area contributed by atoms with E-state index in [4.69, 9.17) is 22.1 Å². The molecule has 0 spiro atoms. The molecule has 0 aromatic heterocycles. The van der Waals surface area contributed by atoms with Crippen LogP contribution in [-0.4, -0.2) is 18.6 Å². The number of unbranched alkanes of at least 4 members (excludes halogenated alkanes) is 3. The van der Waals surface area contributed by atoms with E-state index < -0.39 is 0 Å². The van der Waals surface area contributed by atoms with Crippen LogP contribution in [0.1, 0.15) is 46.0 Å². The molecule has 1 amide bonds. The number of nitrogens with two attached hydrogens (primary N) is 1. The van der Waals surface area contributed by atoms with Gasteiger partial charge in [-0.05, 0) is 31.5 Å². The number of halogens is 1. The second kappa shape index (κ2) is 9.64. The van der Waals surface area contributed by atoms with Gasteiger partial charge in [0.05, 0.1) is 16.8 Å². The van der Waals surface area contributed by atoms with Crippen molar-refractivity contribution in [2.45, 2.75) is 52.1 Å². The first-order valence-electron chi connectivity index (χ1n) is 7.49. The second-order valence-electron chi connectivity index (χ2n) is 5.26. The van der Waals surface area contributed by atoms with Crippen LogP contribution in [0.5, 0.6) is 0 Å². The van der Waals surface area contributed by atoms with Crippen molar-refractivity contribution in [1.29, 1.82) is 0 Å². The number of ether oxygens (including phenoxy) is 1. The Morgan fingerprint density at radius 1 is 1.38 bits per heavy atom. The molecule has 0 radical (unpaired) electrons. The minimum Gasteiger partial charge on any atom is -0.399 e. The molecule has 1 unspecified atom stereocenters. The minimum absolute atomic E-state index is 0.0374. The van der Waals surface area contributed by atoms with E-state index in [9.17, 15) is 4.79 Å². The number of carbonyl (C=O) groups is 1. The average Bonchev–Trinajstić information content (AvgIpc) is 2.44. The van der Waals surface area contributed by atoms with Crippen molar-refractivity contribution in [1.82, 2.24) is 0 Å². The van der Waals surface area contributed by atoms with Gasteiger partial charge in [0.15, 0.2) is 0 Å². The summed E-state index contributed by atoms with van der Waals surface area (Å²) >= 11 is 6.00. The minimum atomic E-state index is -0.206. The van der Waals surface area contributed by atoms with Gasteiger partial charge in [-0.25, -0.2) is 0 Å². The van der Waals surface area contributed by atoms with Gasteiger partial charge in [-0.15, -0.1) is 0 Å². The molecule has 1 aromatic rings. The van der Waals surface area contributed by atoms with E-state index in [0.717, 1.165) is 12.8 Å². The zero-order chi connectivity index (χ0) is 15.7. The van der Waals surface area contributed by atoms with Crippen molar-refractivity contribution in [3.63, 3.8) is 0 Å². The first kappa shape index (κ1) is 17.8. The Balaban J connectivity index is 2.27. The number of anilines is 2. The molecule has 4 nitrogen and oxygen atoms in total. The van der Waals surface area contributed by atoms with Crippen LogP contribution in [0.15, 0.2) is 18.2 Å². The Labute approximate surface area is 132 Å². The summed E-state index contributed by atoms with van der Waals surface area (Å²) in [7, 11) is 0. The highest BCUT2D eigenvalue weighted by molar-refractivity contribution is 6.34. The maximum Gasteiger partial charge on any atom is 0.250 e. The quantitative estimate of drug-likeness (QED) is 0.529. The van der Waals surface area contributed by atoms with Crippen molar-refractivity contribution in [2.75, 3.05) is 17.7 Å². The van der Waals surface area contributed by atoms with Gasteiger partial charge >= 0.3 is 0 Å². The lowest BCUT2D eigenvalue weighted by molar-refractivity contribution is -0.122. The molecule has 3 N–H and O–H groups in total. The summed E-state index contributed by atoms with van der Waals surface area (Å²) in [4.78, 5) is 11.8. The Morgan fingerprint density at radius 2 is 2.14 bits per heavy atom. The Kier molecular flexibility index (Phi) is 8.16. The molecule has 0 aliphatic rings. The molecule has 1 rings (SSSR count). The summed E-state index contributed by atoms with van der Waals surface area (Å²) in [6.45, 7) is 4.22. The molecule has 0 fully saturated rings. The number of hydrogen-bond donors (Lipinski definition) is 2. The normalized spacial score (nSPS) is 12.1. The Morgan fingerprint density at radius 3 is 2.81 bits per heavy atom. The first-order valence-corrected chi connectivity index (χ1v) is 7.87. The van der Waals surface area contributed by atoms with E-state index in [1.807, 2.05) is 6.92 Å². The molecule has 0 aliphatic carbocycles. The summed E-state index contributed by atoms with van der Waals surface area (Å²) in [6.07, 6.45) is 5.91. The molecule has 1 aromatic carbocycles. The maximum absolute atomic E-state index is 11.8. The molecule has 0 heterocycles. The van der Waals surface area contributed by atoms with Crippen molar-refractivity contribution >= 4 is 28.9 Å². The SMILES string of the molecule is CCCCCCC(C)OCC(=O)Nc1ccc(N)cc1Cl. The summed E-state index contributed by atoms with van der Waals surface area (Å²) in [5.41, 5.74) is 6.72. The van der Waals surface area contributed by atoms with E-state index in [2.05, 4.69) is 12.2 Å². The number of nitrogen functional groups attached to an aromatic ring is 1. The summed E-state index contributed by atoms with van der Waals surface area (Å²) < 4.78 is 5.54. The van der Waals surface area contributed by atoms with E-state index >= 15 is 0 Å². The largest absolute Gasteiger partial charge is 0.399 e. The monoisotopic (exact) mass is 312 g/mol. The fourth-order valence-electron chi connectivity index (χ4n) is 1.98. The van der Waals surface area contributed by atoms with Gasteiger partial charge < -0.3 is 15.8 Å². The number of hydrogen-bond acceptors (Lipinski definition) is 3. The Hall–Kier alpha value is -1.26. The van der Waals surface area contributed by atoms with Crippen molar-refractivity contribution < 1.29 is 9.53 Å². The van der Waals surface area contributed by atoms with Gasteiger partial charge in [-0.3, -0.25) is 4.79 Å². The summed E-state index contributed by atoms with van der Waals surface area (Å²) in [5.74, 6) is -0.206. The van der Waals surface area contributed by atoms with Gasteiger partial charge in [0.1, 0.15) is 6.61 Å². The van der Waals surface area contributed by atoms with Crippen LogP contribution < -0.4 is 11.1 Å². The third kappa shape index (κ3) is 7.34. The lowest BCUT2D eigenvalue weighted by Gasteiger charge is -2.13. The predicted octanol–water partition coefficient (Wildman–Crippen LogP) is 4.24. The number of nitrogens with one attached hydrogen (secondary N) is 1. The van der Waals surface area contributed by atoms with Crippen LogP contribution in [0, 0.1) is 0 Å². The van der Waals surface area contributed by atoms with Crippen LogP contribution in [-0.2, 0) is 9.53 Å². The fourth-order valence-corrected chi connectivity index (χ4v) is 2.22. The molecule has 0 bridgehead atoms. The summed E-state index contributed by atoms with van der Waals surface area (Å²) in [5, 5.41) is 3.14. The summed E-state index contributed by atoms with van der Waals surface area (Å²) in [6, 6.07) is 4.98. The molecule has 1 atom stereocenters. The number of rotatable bonds is 9. The lowest BCUT2D eigenvalue weighted by Crippen LogP contribution is -2.22. The predicted molar refractivity (Wildman–Crippen MR) is 88.7 cm³/mol. The lowest BCUT2D eigenvalue weighted by atomic mass is 10.1. The standard InChI is InChI=1S/C16H25ClN2O2/c1-3-4-5-6-7-12(2)21-11-16(20)19-15-9-8-13(18)10-14(15)17/h8-10,12H,3-7,11,18H2,1-2H3,(H,19,20). The maximum atomic E-state index is 11.8. The van der Waals surface area contributed by atoms with Gasteiger partial charge in [-0.2, -0.15) is 0 Å². The van der Waals surface area contributed by atoms with E-state index in [1.165, 1.54) is 19.3 Å². The zero-order valence-corrected chi connectivity index (χ0v) is 13.6. The average molecular weight is 313 g/mol. The topological polar surface area (TPSA) is 64.3 Å². The van der Waals surface area contributed by atoms with Crippen LogP contribution in [0.3, 0.4) is 0 Å². The third-order valence-corrected chi connectivity index (χ3v) is 3.54. The smallest absolute Gasteiger partial charge is 0.250 e. The van der Waals surface area contributed by atoms with Crippen LogP contribution >= 0.6 is 11.6 Å². The third-order valence-electron chi connectivity index (χ3n) is 3.23. The second-order valence-corrected chi connectivity index (χ2v) is 5.67. The van der Waals surface area contributed by atoms with Crippen molar-refractivity contribution in [2.24, 2.45) is 0 Å². The van der Waals surface area contributed by atoms with Gasteiger partial charge in [-0.1, -0.05) is 44.2 Å². The van der Waals surface area contributed by atoms with Crippen molar-refractivity contribution in [3.8, 4) is 0 Å². The molecular weight excluding hydrogens is 288 g/mol. The van der Waals surface area contributed by atoms with Crippen LogP contribution in [0.4, 0.5) is 11.4 Å². The van der Waals surface area contributed by atoms with Gasteiger partial charge in [0.2, 0.25) is 5.91 Å². The van der Waals surface area contributed by atoms with Gasteiger partial charge in [0.25, 0.3) is 0 Å². The first-order chi connectivity index (χ1) is 10.0. The van der Waals surface area contributed by atoms with E-state index in [1.54, 1.807) is 18.2 Å². The molecular formula is C16H25ClN2O2. The van der Waals surface area contributed by atoms with E-state index in [-0.39, 0.29) is 18.6 Å². The highest BCUT2D eigenvalue weighted by atomic mass is 35.5. The van der Waals surface area contributed by atoms with E-state index in [0.29, 0.717) is 16.4 Å². The zero-order valence-electron chi connectivity index (χ0n) is 12.8. The highest BCUT2D eigenvalue weighted by Gasteiger charge is 2.09. The van der Waals surface area contributed by atoms with Gasteiger partial charge in [0, 0.05) is 5.69 Å². The Bertz CT molecular complexity index is 452. The molecule has 118 valence electrons. The molecule has 0 saturated carbocycles. The van der Waals surface area contributed by atoms with Crippen LogP contribution in [0.2, 0.25) is 5.02 Å². The number of amides is 1. The fraction of sp³-hybridized carbons (Fsp3) is 0.562. The molecule has 21 heavy (non-hydrogen) atoms. The highest BCUT2D eigenvalue weighted by Crippen LogP contribution is 2.23. The van der Waals surface area contributed by atoms with Crippen LogP contribution in [0.25, 0.3) is 0 Å². The molecule has 0 saturated heterocycles. The number of carbonyl (C=O) groups excluding carboxylic acids is 1. The van der Waals surface area contributed by atoms with Crippen molar-refractivity contribution in [3.05, 3.63) is 23.2 Å². The molecule has 5 heteroatoms.